The fraction of sp³-hybridized carbons (Fsp3) is 0.689. The summed E-state index contributed by atoms with van der Waals surface area (Å²) < 4.78 is 0. The second kappa shape index (κ2) is 44.5. The molecule has 1 aromatic rings. The lowest BCUT2D eigenvalue weighted by Crippen LogP contribution is -2.62. The average molecular weight is 1350 g/mol. The fourth-order valence-corrected chi connectivity index (χ4v) is 9.93. The Morgan fingerprint density at radius 3 is 1.65 bits per heavy atom. The normalized spacial score (nSPS) is 21.6. The number of benzene rings is 1. The molecule has 34 nitrogen and oxygen atoms in total. The van der Waals surface area contributed by atoms with Crippen LogP contribution in [0.15, 0.2) is 35.3 Å². The molecule has 95 heavy (non-hydrogen) atoms. The first-order valence-corrected chi connectivity index (χ1v) is 32.6. The highest BCUT2D eigenvalue weighted by Crippen LogP contribution is 2.13. The molecule has 1 heterocycles. The Balaban J connectivity index is 2.76. The van der Waals surface area contributed by atoms with Crippen molar-refractivity contribution in [3.05, 3.63) is 35.9 Å². The van der Waals surface area contributed by atoms with Crippen LogP contribution in [0.5, 0.6) is 0 Å². The molecule has 1 fully saturated rings. The van der Waals surface area contributed by atoms with E-state index < -0.39 is 163 Å². The molecule has 2 rings (SSSR count). The zero-order valence-electron chi connectivity index (χ0n) is 55.7. The van der Waals surface area contributed by atoms with E-state index in [0.29, 0.717) is 24.3 Å². The Bertz CT molecular complexity index is 2670. The van der Waals surface area contributed by atoms with Gasteiger partial charge in [0.1, 0.15) is 60.4 Å². The molecule has 0 spiro atoms. The van der Waals surface area contributed by atoms with Gasteiger partial charge in [0.05, 0.1) is 18.2 Å². The van der Waals surface area contributed by atoms with Crippen molar-refractivity contribution in [3.63, 3.8) is 0 Å². The highest BCUT2D eigenvalue weighted by atomic mass is 16.3. The predicted octanol–water partition coefficient (Wildman–Crippen LogP) is -7.10. The summed E-state index contributed by atoms with van der Waals surface area (Å²) in [5, 5.41) is 52.5. The molecule has 0 unspecified atom stereocenters. The molecule has 0 saturated carbocycles. The van der Waals surface area contributed by atoms with Crippen LogP contribution in [0.4, 0.5) is 0 Å². The number of guanidine groups is 1. The summed E-state index contributed by atoms with van der Waals surface area (Å²) in [6, 6.07) is -8.08. The van der Waals surface area contributed by atoms with E-state index in [-0.39, 0.29) is 109 Å². The number of carbonyl (C=O) groups is 12. The minimum absolute atomic E-state index is 0.00748. The third kappa shape index (κ3) is 31.8. The molecule has 1 saturated heterocycles. The van der Waals surface area contributed by atoms with Gasteiger partial charge in [-0.15, -0.1) is 0 Å². The third-order valence-corrected chi connectivity index (χ3v) is 15.2. The molecule has 12 amide bonds. The second-order valence-corrected chi connectivity index (χ2v) is 24.5. The summed E-state index contributed by atoms with van der Waals surface area (Å²) in [5.41, 5.74) is 41.1. The van der Waals surface area contributed by atoms with E-state index in [2.05, 4.69) is 82.6 Å². The van der Waals surface area contributed by atoms with Crippen LogP contribution >= 0.6 is 0 Å². The lowest BCUT2D eigenvalue weighted by atomic mass is 10.00. The maximum atomic E-state index is 14.7. The number of nitrogens with one attached hydrogen (secondary N) is 12. The smallest absolute Gasteiger partial charge is 0.245 e. The average Bonchev–Trinajstić information content (AvgIpc) is 1.25. The highest BCUT2D eigenvalue weighted by Gasteiger charge is 2.38. The standard InChI is InChI=1S/C61H108N20O14/c1-33(2)13-10-11-17-47(84)72-39(18-24-62)55(90)81-49(36(6)83)60(95)77-42(21-27-65)52(87)75-43-23-30-70-59(94)48(35(5)82)80-56(91)44(22-29-69-50(85)38(66)16-12-28-71-61(67)68)76-51(86)40(19-25-63)74-57(92)45(31-34(3)4)78-58(93)46(32-37-14-8-7-9-15-37)79-53(88)41(20-26-64)73-54(43)89/h7-9,14-15,33-36,38-46,48-49,82-83H,10-13,16-32,62-66H2,1-6H3,(H,69,85)(H,70,94)(H,72,84)(H,73,89)(H,74,92)(H,75,87)(H,76,86)(H,77,95)(H,78,93)(H,79,88)(H,80,91)(H,81,90)(H4,67,68,71)/t35-,36-,38+,39+,40+,41+,42+,43+,44+,45+,46-,48+,49+/m1/s1. The van der Waals surface area contributed by atoms with E-state index in [9.17, 15) is 67.7 Å². The number of nitrogens with two attached hydrogens (primary N) is 7. The number of hydrogen-bond acceptors (Lipinski definition) is 20. The lowest BCUT2D eigenvalue weighted by molar-refractivity contribution is -0.137. The summed E-state index contributed by atoms with van der Waals surface area (Å²) in [7, 11) is 0. The SMILES string of the molecule is CC(C)CCCCC(=O)N[C@@H](CCN)C(=O)N[C@H](C(=O)N[C@@H](CCN)C(=O)N[C@H]1CCNC(=O)[C@H]([C@@H](C)O)NC(=O)[C@H](CCNC(=O)[C@@H](N)CCCN=C(N)N)NC(=O)[C@H](CCN)NC(=O)[C@H](CC(C)C)NC(=O)[C@@H](Cc2ccccc2)NC(=O)[C@H](CCN)NC1=O)[C@@H](C)O. The van der Waals surface area contributed by atoms with Crippen LogP contribution in [0.25, 0.3) is 0 Å². The van der Waals surface area contributed by atoms with Crippen molar-refractivity contribution in [1.29, 1.82) is 0 Å². The Hall–Kier alpha value is -8.15. The number of carbonyl (C=O) groups excluding carboxylic acids is 12. The molecule has 13 atom stereocenters. The van der Waals surface area contributed by atoms with Gasteiger partial charge in [-0.2, -0.15) is 0 Å². The number of aliphatic hydroxyl groups excluding tert-OH is 2. The maximum Gasteiger partial charge on any atom is 0.245 e. The fourth-order valence-electron chi connectivity index (χ4n) is 9.93. The van der Waals surface area contributed by atoms with Gasteiger partial charge in [-0.3, -0.25) is 62.5 Å². The number of unbranched alkanes of at least 4 members (excludes halogenated alkanes) is 1. The van der Waals surface area contributed by atoms with Crippen LogP contribution in [0.1, 0.15) is 131 Å². The molecular weight excluding hydrogens is 1240 g/mol. The van der Waals surface area contributed by atoms with E-state index in [1.165, 1.54) is 6.92 Å². The van der Waals surface area contributed by atoms with Crippen molar-refractivity contribution in [1.82, 2.24) is 63.8 Å². The van der Waals surface area contributed by atoms with E-state index >= 15 is 0 Å². The van der Waals surface area contributed by atoms with Crippen molar-refractivity contribution in [2.45, 2.75) is 210 Å². The van der Waals surface area contributed by atoms with Gasteiger partial charge in [0.2, 0.25) is 70.9 Å². The molecule has 1 aromatic carbocycles. The molecule has 0 aromatic heterocycles. The maximum absolute atomic E-state index is 14.7. The van der Waals surface area contributed by atoms with Crippen LogP contribution < -0.4 is 104 Å². The first kappa shape index (κ1) is 82.9. The summed E-state index contributed by atoms with van der Waals surface area (Å²) in [4.78, 5) is 173. The van der Waals surface area contributed by atoms with Crippen molar-refractivity contribution >= 4 is 76.8 Å². The summed E-state index contributed by atoms with van der Waals surface area (Å²) in [6.45, 7) is 8.65. The molecule has 0 bridgehead atoms. The molecular formula is C61H108N20O14. The van der Waals surface area contributed by atoms with Gasteiger partial charge < -0.3 is 114 Å². The van der Waals surface area contributed by atoms with Crippen LogP contribution in [0, 0.1) is 11.8 Å². The molecule has 1 aliphatic heterocycles. The van der Waals surface area contributed by atoms with Gasteiger partial charge in [-0.25, -0.2) is 0 Å². The zero-order chi connectivity index (χ0) is 71.3. The number of amides is 12. The van der Waals surface area contributed by atoms with Gasteiger partial charge in [0.15, 0.2) is 5.96 Å². The first-order valence-electron chi connectivity index (χ1n) is 32.6. The molecule has 1 aliphatic rings. The van der Waals surface area contributed by atoms with Gasteiger partial charge in [-0.05, 0) is 122 Å². The zero-order valence-corrected chi connectivity index (χ0v) is 55.7. The van der Waals surface area contributed by atoms with E-state index in [1.54, 1.807) is 44.2 Å². The Morgan fingerprint density at radius 1 is 0.568 bits per heavy atom. The molecule has 34 heteroatoms. The first-order chi connectivity index (χ1) is 45.0. The summed E-state index contributed by atoms with van der Waals surface area (Å²) >= 11 is 0. The Kier molecular flexibility index (Phi) is 38.9. The number of hydrogen-bond donors (Lipinski definition) is 21. The molecule has 536 valence electrons. The molecule has 0 radical (unpaired) electrons. The van der Waals surface area contributed by atoms with Crippen LogP contribution in [-0.2, 0) is 64.0 Å². The topological polar surface area (TPSA) is 584 Å². The second-order valence-electron chi connectivity index (χ2n) is 24.5. The van der Waals surface area contributed by atoms with Crippen LogP contribution in [-0.4, -0.2) is 212 Å². The van der Waals surface area contributed by atoms with Crippen LogP contribution in [0.2, 0.25) is 0 Å². The third-order valence-electron chi connectivity index (χ3n) is 15.2. The number of nitrogens with zero attached hydrogens (tertiary/aromatic N) is 1. The number of aliphatic hydroxyl groups is 2. The molecule has 0 aliphatic carbocycles. The van der Waals surface area contributed by atoms with Crippen molar-refractivity contribution in [3.8, 4) is 0 Å². The predicted molar refractivity (Wildman–Crippen MR) is 353 cm³/mol. The monoisotopic (exact) mass is 1340 g/mol. The molecule has 28 N–H and O–H groups in total. The van der Waals surface area contributed by atoms with Crippen LogP contribution in [0.3, 0.4) is 0 Å². The van der Waals surface area contributed by atoms with Crippen molar-refractivity contribution in [2.75, 3.05) is 45.8 Å². The highest BCUT2D eigenvalue weighted by molar-refractivity contribution is 5.99. The van der Waals surface area contributed by atoms with Crippen molar-refractivity contribution in [2.24, 2.45) is 57.0 Å². The minimum atomic E-state index is -1.80. The summed E-state index contributed by atoms with van der Waals surface area (Å²) in [6.07, 6.45) is -2.28. The van der Waals surface area contributed by atoms with Crippen molar-refractivity contribution < 1.29 is 67.7 Å². The van der Waals surface area contributed by atoms with Gasteiger partial charge in [-0.1, -0.05) is 70.9 Å². The van der Waals surface area contributed by atoms with Gasteiger partial charge in [0.25, 0.3) is 0 Å². The minimum Gasteiger partial charge on any atom is -0.391 e. The van der Waals surface area contributed by atoms with E-state index in [4.69, 9.17) is 40.1 Å². The Morgan fingerprint density at radius 2 is 1.11 bits per heavy atom. The number of rotatable bonds is 34. The lowest BCUT2D eigenvalue weighted by Gasteiger charge is -2.29. The van der Waals surface area contributed by atoms with Gasteiger partial charge >= 0.3 is 0 Å². The summed E-state index contributed by atoms with van der Waals surface area (Å²) in [5.74, 6) is -10.9. The van der Waals surface area contributed by atoms with E-state index in [0.717, 1.165) is 19.8 Å². The number of aliphatic imine (C=N–C) groups is 1. The quantitative estimate of drug-likeness (QED) is 0.0173. The van der Waals surface area contributed by atoms with Gasteiger partial charge in [0, 0.05) is 32.5 Å². The Labute approximate surface area is 555 Å². The van der Waals surface area contributed by atoms with E-state index in [1.807, 2.05) is 0 Å². The largest absolute Gasteiger partial charge is 0.391 e.